The third-order valence-corrected chi connectivity index (χ3v) is 15.2. The lowest BCUT2D eigenvalue weighted by Crippen LogP contribution is -1.68. The van der Waals surface area contributed by atoms with Crippen molar-refractivity contribution in [1.29, 1.82) is 0 Å². The zero-order valence-corrected chi connectivity index (χ0v) is 26.7. The van der Waals surface area contributed by atoms with E-state index in [-0.39, 0.29) is 0 Å². The second-order valence-corrected chi connectivity index (χ2v) is 17.0. The van der Waals surface area contributed by atoms with Crippen LogP contribution in [-0.4, -0.2) is 0 Å². The van der Waals surface area contributed by atoms with Crippen molar-refractivity contribution in [3.05, 3.63) is 109 Å². The van der Waals surface area contributed by atoms with Crippen LogP contribution in [0.15, 0.2) is 109 Å². The van der Waals surface area contributed by atoms with Crippen LogP contribution in [0.3, 0.4) is 0 Å². The van der Waals surface area contributed by atoms with E-state index in [0.29, 0.717) is 0 Å². The lowest BCUT2D eigenvalue weighted by molar-refractivity contribution is 1.70. The van der Waals surface area contributed by atoms with Gasteiger partial charge in [0.15, 0.2) is 0 Å². The predicted molar refractivity (Wildman–Crippen MR) is 195 cm³/mol. The number of hydrogen-bond acceptors (Lipinski definition) is 6. The summed E-state index contributed by atoms with van der Waals surface area (Å²) in [7, 11) is 0. The van der Waals surface area contributed by atoms with E-state index >= 15 is 0 Å². The van der Waals surface area contributed by atoms with Crippen LogP contribution in [0.2, 0.25) is 0 Å². The van der Waals surface area contributed by atoms with E-state index in [1.165, 1.54) is 89.8 Å². The zero-order chi connectivity index (χ0) is 27.4. The van der Waals surface area contributed by atoms with Crippen molar-refractivity contribution in [2.24, 2.45) is 0 Å². The van der Waals surface area contributed by atoms with Crippen molar-refractivity contribution in [2.45, 2.75) is 0 Å². The maximum atomic E-state index is 2.43. The second kappa shape index (κ2) is 9.07. The molecule has 0 unspecified atom stereocenters. The van der Waals surface area contributed by atoms with E-state index in [2.05, 4.69) is 109 Å². The maximum absolute atomic E-state index is 2.43. The van der Waals surface area contributed by atoms with Gasteiger partial charge in [0.25, 0.3) is 0 Å². The minimum absolute atomic E-state index is 1.30. The van der Waals surface area contributed by atoms with Gasteiger partial charge in [0, 0.05) is 58.5 Å². The molecule has 0 nitrogen and oxygen atoms in total. The van der Waals surface area contributed by atoms with Crippen molar-refractivity contribution in [3.8, 4) is 30.6 Å². The number of rotatable bonds is 3. The van der Waals surface area contributed by atoms with E-state index < -0.39 is 0 Å². The first-order chi connectivity index (χ1) is 20.7. The molecule has 42 heavy (non-hydrogen) atoms. The van der Waals surface area contributed by atoms with Crippen molar-refractivity contribution >= 4 is 127 Å². The van der Waals surface area contributed by atoms with E-state index in [4.69, 9.17) is 0 Å². The Labute approximate surface area is 265 Å². The normalized spacial score (nSPS) is 12.3. The van der Waals surface area contributed by atoms with Crippen molar-refractivity contribution in [1.82, 2.24) is 0 Å². The third kappa shape index (κ3) is 3.67. The SMILES string of the molecule is c1ccc(-c2cc3sc4cc5sc(-c6cc7cc8c(cc7s6)sc6cc(-c7ccccc7)sc68)cc5cc4c3s2)cc1. The first kappa shape index (κ1) is 24.1. The van der Waals surface area contributed by atoms with Gasteiger partial charge in [0.2, 0.25) is 0 Å². The minimum atomic E-state index is 1.30. The summed E-state index contributed by atoms with van der Waals surface area (Å²) in [6.45, 7) is 0. The Hall–Kier alpha value is -3.36. The fourth-order valence-corrected chi connectivity index (χ4v) is 13.4. The quantitative estimate of drug-likeness (QED) is 0.180. The van der Waals surface area contributed by atoms with Crippen molar-refractivity contribution in [3.63, 3.8) is 0 Å². The van der Waals surface area contributed by atoms with E-state index in [1.807, 2.05) is 68.0 Å². The van der Waals surface area contributed by atoms with Crippen LogP contribution in [0.5, 0.6) is 0 Å². The minimum Gasteiger partial charge on any atom is -0.134 e. The molecule has 0 fully saturated rings. The first-order valence-corrected chi connectivity index (χ1v) is 18.5. The predicted octanol–water partition coefficient (Wildman–Crippen LogP) is 14.0. The van der Waals surface area contributed by atoms with E-state index in [0.717, 1.165) is 0 Å². The zero-order valence-electron chi connectivity index (χ0n) is 21.8. The molecule has 198 valence electrons. The van der Waals surface area contributed by atoms with Crippen LogP contribution in [-0.2, 0) is 0 Å². The molecule has 10 aromatic rings. The first-order valence-electron chi connectivity index (χ1n) is 13.6. The van der Waals surface area contributed by atoms with Gasteiger partial charge < -0.3 is 0 Å². The Morgan fingerprint density at radius 1 is 0.310 bits per heavy atom. The third-order valence-electron chi connectivity index (χ3n) is 7.92. The average molecular weight is 643 g/mol. The summed E-state index contributed by atoms with van der Waals surface area (Å²) in [6.07, 6.45) is 0. The fraction of sp³-hybridized carbons (Fsp3) is 0. The Morgan fingerprint density at radius 3 is 1.21 bits per heavy atom. The summed E-state index contributed by atoms with van der Waals surface area (Å²) in [5.41, 5.74) is 2.61. The largest absolute Gasteiger partial charge is 0.134 e. The number of benzene rings is 4. The molecular weight excluding hydrogens is 625 g/mol. The molecule has 6 aromatic heterocycles. The highest BCUT2D eigenvalue weighted by Crippen LogP contribution is 2.49. The second-order valence-electron chi connectivity index (χ2n) is 10.5. The van der Waals surface area contributed by atoms with Gasteiger partial charge in [-0.25, -0.2) is 0 Å². The molecule has 0 spiro atoms. The summed E-state index contributed by atoms with van der Waals surface area (Å²) in [4.78, 5) is 5.44. The van der Waals surface area contributed by atoms with Crippen molar-refractivity contribution in [2.75, 3.05) is 0 Å². The topological polar surface area (TPSA) is 0 Å². The summed E-state index contributed by atoms with van der Waals surface area (Å²) < 4.78 is 11.2. The van der Waals surface area contributed by atoms with Crippen LogP contribution in [0.25, 0.3) is 89.8 Å². The smallest absolute Gasteiger partial charge is 0.0536 e. The fourth-order valence-electron chi connectivity index (χ4n) is 5.91. The van der Waals surface area contributed by atoms with Gasteiger partial charge in [-0.1, -0.05) is 60.7 Å². The lowest BCUT2D eigenvalue weighted by Gasteiger charge is -1.95. The van der Waals surface area contributed by atoms with Crippen LogP contribution < -0.4 is 0 Å². The van der Waals surface area contributed by atoms with Gasteiger partial charge >= 0.3 is 0 Å². The molecule has 0 saturated heterocycles. The van der Waals surface area contributed by atoms with E-state index in [1.54, 1.807) is 0 Å². The number of hydrogen-bond donors (Lipinski definition) is 0. The highest BCUT2D eigenvalue weighted by molar-refractivity contribution is 7.35. The van der Waals surface area contributed by atoms with Crippen LogP contribution in [0, 0.1) is 0 Å². The van der Waals surface area contributed by atoms with E-state index in [9.17, 15) is 0 Å². The van der Waals surface area contributed by atoms with Gasteiger partial charge in [0.1, 0.15) is 0 Å². The molecule has 0 amide bonds. The van der Waals surface area contributed by atoms with Crippen LogP contribution in [0.1, 0.15) is 0 Å². The molecule has 0 saturated carbocycles. The molecule has 0 aliphatic carbocycles. The molecule has 0 N–H and O–H groups in total. The highest BCUT2D eigenvalue weighted by Gasteiger charge is 2.16. The van der Waals surface area contributed by atoms with Crippen LogP contribution >= 0.6 is 68.0 Å². The lowest BCUT2D eigenvalue weighted by atomic mass is 10.1. The van der Waals surface area contributed by atoms with Crippen LogP contribution in [0.4, 0.5) is 0 Å². The number of thiophene rings is 6. The summed E-state index contributed by atoms with van der Waals surface area (Å²) in [5.74, 6) is 0. The van der Waals surface area contributed by atoms with Gasteiger partial charge in [0.05, 0.1) is 9.40 Å². The average Bonchev–Trinajstić information content (AvgIpc) is 3.85. The molecule has 10 rings (SSSR count). The Bertz CT molecular complexity index is 2430. The van der Waals surface area contributed by atoms with Crippen molar-refractivity contribution < 1.29 is 0 Å². The summed E-state index contributed by atoms with van der Waals surface area (Å²) >= 11 is 11.6. The van der Waals surface area contributed by atoms with Gasteiger partial charge in [-0.2, -0.15) is 0 Å². The van der Waals surface area contributed by atoms with Gasteiger partial charge in [-0.05, 0) is 70.4 Å². The maximum Gasteiger partial charge on any atom is 0.0536 e. The standard InChI is InChI=1S/C36H18S6/c1-3-7-19(8-4-1)25-17-33-35(41-25)23-11-21-13-31(37-27(21)15-29(23)39-33)32-14-22-12-24-30(16-28(22)38-32)40-34-18-26(42-36(24)34)20-9-5-2-6-10-20/h1-18H. The molecule has 6 heteroatoms. The monoisotopic (exact) mass is 642 g/mol. The molecule has 0 bridgehead atoms. The molecule has 6 heterocycles. The Morgan fingerprint density at radius 2 is 0.762 bits per heavy atom. The van der Waals surface area contributed by atoms with Gasteiger partial charge in [-0.15, -0.1) is 68.0 Å². The molecular formula is C36H18S6. The molecule has 4 aromatic carbocycles. The van der Waals surface area contributed by atoms with Gasteiger partial charge in [-0.3, -0.25) is 0 Å². The molecule has 0 aliphatic heterocycles. The summed E-state index contributed by atoms with van der Waals surface area (Å²) in [6, 6.07) is 40.7. The molecule has 0 radical (unpaired) electrons. The molecule has 0 aliphatic rings. The highest BCUT2D eigenvalue weighted by atomic mass is 32.1. The number of fused-ring (bicyclic) bond motifs is 8. The molecule has 0 atom stereocenters. The Balaban J connectivity index is 1.06. The summed E-state index contributed by atoms with van der Waals surface area (Å²) in [5, 5.41) is 5.49. The Kier molecular flexibility index (Phi) is 5.21.